The number of halogens is 1. The Labute approximate surface area is 333 Å². The summed E-state index contributed by atoms with van der Waals surface area (Å²) in [5.41, 5.74) is 4.77. The Morgan fingerprint density at radius 1 is 0.460 bits per heavy atom. The van der Waals surface area contributed by atoms with Gasteiger partial charge in [0, 0.05) is 0 Å². The van der Waals surface area contributed by atoms with Crippen molar-refractivity contribution in [2.24, 2.45) is 0 Å². The maximum Gasteiger partial charge on any atom is 2.00 e. The van der Waals surface area contributed by atoms with Crippen LogP contribution in [0.1, 0.15) is 58.2 Å². The summed E-state index contributed by atoms with van der Waals surface area (Å²) in [6, 6.07) is 61.3. The van der Waals surface area contributed by atoms with Crippen LogP contribution in [0.25, 0.3) is 0 Å². The van der Waals surface area contributed by atoms with Crippen molar-refractivity contribution in [3.8, 4) is 0 Å². The molecule has 6 aromatic rings. The van der Waals surface area contributed by atoms with E-state index in [1.54, 1.807) is 0 Å². The Bertz CT molecular complexity index is 1530. The van der Waals surface area contributed by atoms with Crippen molar-refractivity contribution in [3.63, 3.8) is 0 Å². The number of rotatable bonds is 7. The number of hydrogen-bond acceptors (Lipinski definition) is 0. The molecule has 0 heterocycles. The molecule has 0 aliphatic carbocycles. The van der Waals surface area contributed by atoms with Crippen LogP contribution in [0.3, 0.4) is 0 Å². The predicted octanol–water partition coefficient (Wildman–Crippen LogP) is 8.25. The van der Waals surface area contributed by atoms with E-state index in [9.17, 15) is 0 Å². The quantitative estimate of drug-likeness (QED) is 0.0658. The van der Waals surface area contributed by atoms with Crippen LogP contribution < -0.4 is 45.2 Å². The molecule has 0 nitrogen and oxygen atoms in total. The first kappa shape index (κ1) is 43.7. The molecular weight excluding hydrogens is 797 g/mol. The van der Waals surface area contributed by atoms with Crippen LogP contribution in [0.15, 0.2) is 170 Å². The number of benzene rings is 5. The summed E-state index contributed by atoms with van der Waals surface area (Å²) in [7, 11) is -0.696. The molecule has 0 fully saturated rings. The summed E-state index contributed by atoms with van der Waals surface area (Å²) < 4.78 is 0. The van der Waals surface area contributed by atoms with Crippen LogP contribution in [0, 0.1) is 6.92 Å². The predicted molar refractivity (Wildman–Crippen MR) is 218 cm³/mol. The van der Waals surface area contributed by atoms with E-state index >= 15 is 0 Å². The van der Waals surface area contributed by atoms with Crippen LogP contribution in [-0.2, 0) is 27.9 Å². The molecule has 0 amide bonds. The minimum absolute atomic E-state index is 0. The molecule has 0 aliphatic rings. The van der Waals surface area contributed by atoms with Gasteiger partial charge in [-0.3, -0.25) is 0 Å². The second-order valence-electron chi connectivity index (χ2n) is 14.2. The van der Waals surface area contributed by atoms with Crippen molar-refractivity contribution in [2.45, 2.75) is 59.3 Å². The van der Waals surface area contributed by atoms with Gasteiger partial charge in [-0.15, -0.1) is 0 Å². The van der Waals surface area contributed by atoms with Gasteiger partial charge in [0.25, 0.3) is 0 Å². The van der Waals surface area contributed by atoms with E-state index in [0.717, 1.165) is 0 Å². The molecule has 4 heteroatoms. The molecule has 0 saturated heterocycles. The first-order valence-electron chi connectivity index (χ1n) is 17.1. The summed E-state index contributed by atoms with van der Waals surface area (Å²) in [5.74, 6) is 0. The first-order chi connectivity index (χ1) is 23.0. The Morgan fingerprint density at radius 2 is 0.760 bits per heavy atom. The van der Waals surface area contributed by atoms with Gasteiger partial charge >= 0.3 is 17.1 Å². The third-order valence-electron chi connectivity index (χ3n) is 8.24. The van der Waals surface area contributed by atoms with E-state index in [1.807, 2.05) is 18.2 Å². The molecule has 0 aliphatic heterocycles. The Kier molecular flexibility index (Phi) is 19.1. The summed E-state index contributed by atoms with van der Waals surface area (Å²) in [6.07, 6.45) is 2.41. The van der Waals surface area contributed by atoms with E-state index in [2.05, 4.69) is 200 Å². The van der Waals surface area contributed by atoms with Gasteiger partial charge in [0.2, 0.25) is 0 Å². The van der Waals surface area contributed by atoms with Gasteiger partial charge in [-0.25, -0.2) is 6.07 Å². The topological polar surface area (TPSA) is 0 Å². The van der Waals surface area contributed by atoms with Gasteiger partial charge in [-0.2, -0.15) is 23.3 Å². The number of hydrogen-bond donors (Lipinski definition) is 0. The van der Waals surface area contributed by atoms with Gasteiger partial charge in [0.05, 0.1) is 0 Å². The molecule has 0 aromatic heterocycles. The molecule has 6 aromatic carbocycles. The molecule has 0 radical (unpaired) electrons. The van der Waals surface area contributed by atoms with Crippen LogP contribution in [0.5, 0.6) is 0 Å². The molecule has 0 saturated carbocycles. The molecule has 0 spiro atoms. The van der Waals surface area contributed by atoms with Crippen molar-refractivity contribution in [3.05, 3.63) is 187 Å². The van der Waals surface area contributed by atoms with Gasteiger partial charge in [0.1, 0.15) is 0 Å². The van der Waals surface area contributed by atoms with Crippen LogP contribution >= 0.6 is 15.8 Å². The molecule has 0 N–H and O–H groups in total. The van der Waals surface area contributed by atoms with Gasteiger partial charge in [-0.05, 0) is 56.3 Å². The first-order valence-corrected chi connectivity index (χ1v) is 20.1. The zero-order valence-electron chi connectivity index (χ0n) is 30.7. The smallest absolute Gasteiger partial charge is 1.00 e. The summed E-state index contributed by atoms with van der Waals surface area (Å²) in [4.78, 5) is 0. The monoisotopic (exact) mass is 850 g/mol. The van der Waals surface area contributed by atoms with E-state index in [1.165, 1.54) is 50.2 Å². The summed E-state index contributed by atoms with van der Waals surface area (Å²) in [5, 5.41) is 5.89. The fourth-order valence-corrected chi connectivity index (χ4v) is 10.7. The second-order valence-corrected chi connectivity index (χ2v) is 18.9. The van der Waals surface area contributed by atoms with Crippen LogP contribution in [0.4, 0.5) is 0 Å². The van der Waals surface area contributed by atoms with Crippen molar-refractivity contribution in [2.75, 3.05) is 12.3 Å². The summed E-state index contributed by atoms with van der Waals surface area (Å²) in [6.45, 7) is 15.6. The Morgan fingerprint density at radius 3 is 0.960 bits per heavy atom. The minimum atomic E-state index is -0.348. The van der Waals surface area contributed by atoms with Gasteiger partial charge < -0.3 is 24.0 Å². The third kappa shape index (κ3) is 14.3. The van der Waals surface area contributed by atoms with Crippen LogP contribution in [0.2, 0.25) is 0 Å². The molecule has 0 atom stereocenters. The third-order valence-corrected chi connectivity index (χ3v) is 13.6. The molecule has 50 heavy (non-hydrogen) atoms. The van der Waals surface area contributed by atoms with Crippen molar-refractivity contribution >= 4 is 37.1 Å². The van der Waals surface area contributed by atoms with Crippen molar-refractivity contribution in [1.82, 2.24) is 0 Å². The minimum Gasteiger partial charge on any atom is -1.00 e. The molecule has 0 unspecified atom stereocenters. The van der Waals surface area contributed by atoms with Crippen LogP contribution in [-0.4, -0.2) is 12.3 Å². The van der Waals surface area contributed by atoms with E-state index in [4.69, 9.17) is 0 Å². The van der Waals surface area contributed by atoms with E-state index in [-0.39, 0.29) is 67.7 Å². The average Bonchev–Trinajstić information content (AvgIpc) is 3.62. The Hall–Kier alpha value is -2.44. The molecule has 6 rings (SSSR count). The maximum absolute atomic E-state index is 2.33. The number of aryl methyl sites for hydroxylation is 1. The molecule has 262 valence electrons. The largest absolute Gasteiger partial charge is 2.00 e. The van der Waals surface area contributed by atoms with Crippen molar-refractivity contribution < 1.29 is 41.0 Å². The second kappa shape index (κ2) is 21.8. The standard InChI is InChI=1S/C26H24P2.C13H21.C7H8.Fe.HI/c1-5-13-23(14-6-1)27(24-15-7-2-8-16-24)21-22-28(25-17-9-3-10-18-25)26-19-11-4-12-20-26;1-12(2,3)10-7-8-11(9-10)13(4,5)6;1-7-5-3-2-4-6-7;;/h1-20H,21-22H2;7-9H,1-6H3;2-6H,1H3;;1H/q;-1;;+2;/p-1. The fourth-order valence-electron chi connectivity index (χ4n) is 5.36. The van der Waals surface area contributed by atoms with Gasteiger partial charge in [-0.1, -0.05) is 210 Å². The van der Waals surface area contributed by atoms with E-state index in [0.29, 0.717) is 0 Å². The average molecular weight is 851 g/mol. The molecule has 0 bridgehead atoms. The fraction of sp³-hybridized carbons (Fsp3) is 0.239. The maximum atomic E-state index is 2.33. The molecular formula is C46H53FeIP2. The Balaban J connectivity index is 0.000000327. The zero-order valence-corrected chi connectivity index (χ0v) is 35.8. The normalized spacial score (nSPS) is 10.9. The van der Waals surface area contributed by atoms with Gasteiger partial charge in [0.15, 0.2) is 0 Å². The van der Waals surface area contributed by atoms with Crippen molar-refractivity contribution in [1.29, 1.82) is 0 Å². The zero-order chi connectivity index (χ0) is 34.4. The summed E-state index contributed by atoms with van der Waals surface area (Å²) >= 11 is 0. The SMILES string of the molecule is CC(C)(C)c1cc[c-](C(C)(C)C)c1.Cc1ccccc1.[Fe+2].[I-].c1ccc(P(CCP(c2ccccc2)c2ccccc2)c2ccccc2)cc1. The van der Waals surface area contributed by atoms with E-state index < -0.39 is 0 Å².